The van der Waals surface area contributed by atoms with Crippen molar-refractivity contribution >= 4 is 0 Å². The van der Waals surface area contributed by atoms with Gasteiger partial charge in [-0.1, -0.05) is 0 Å². The quantitative estimate of drug-likeness (QED) is 0.724. The topological polar surface area (TPSA) is 35.5 Å². The van der Waals surface area contributed by atoms with Gasteiger partial charge in [0.15, 0.2) is 0 Å². The van der Waals surface area contributed by atoms with Crippen molar-refractivity contribution < 1.29 is 5.11 Å². The van der Waals surface area contributed by atoms with Gasteiger partial charge in [-0.25, -0.2) is 0 Å². The summed E-state index contributed by atoms with van der Waals surface area (Å²) in [6, 6.07) is 0.465. The minimum absolute atomic E-state index is 0.353. The number of likely N-dealkylation sites (tertiary alicyclic amines) is 1. The van der Waals surface area contributed by atoms with E-state index in [4.69, 9.17) is 0 Å². The van der Waals surface area contributed by atoms with Crippen LogP contribution in [0.3, 0.4) is 0 Å². The van der Waals surface area contributed by atoms with Gasteiger partial charge in [-0.15, -0.1) is 0 Å². The van der Waals surface area contributed by atoms with Gasteiger partial charge >= 0.3 is 0 Å². The summed E-state index contributed by atoms with van der Waals surface area (Å²) in [6.45, 7) is 5.17. The predicted molar refractivity (Wildman–Crippen MR) is 61.9 cm³/mol. The lowest BCUT2D eigenvalue weighted by Crippen LogP contribution is -2.35. The van der Waals surface area contributed by atoms with Gasteiger partial charge in [-0.3, -0.25) is 4.90 Å². The summed E-state index contributed by atoms with van der Waals surface area (Å²) in [7, 11) is 0. The van der Waals surface area contributed by atoms with E-state index >= 15 is 0 Å². The molecule has 2 saturated heterocycles. The molecule has 3 nitrogen and oxygen atoms in total. The van der Waals surface area contributed by atoms with E-state index in [1.807, 2.05) is 0 Å². The fourth-order valence-electron chi connectivity index (χ4n) is 2.92. The molecule has 0 radical (unpaired) electrons. The van der Waals surface area contributed by atoms with Crippen LogP contribution in [0.2, 0.25) is 0 Å². The molecule has 0 aromatic carbocycles. The third-order valence-corrected chi connectivity index (χ3v) is 3.99. The zero-order valence-electron chi connectivity index (χ0n) is 9.62. The first-order valence-corrected chi connectivity index (χ1v) is 6.46. The van der Waals surface area contributed by atoms with Crippen molar-refractivity contribution in [2.75, 3.05) is 32.8 Å². The van der Waals surface area contributed by atoms with Crippen LogP contribution in [0.15, 0.2) is 0 Å². The molecule has 2 aliphatic heterocycles. The van der Waals surface area contributed by atoms with Crippen molar-refractivity contribution in [2.45, 2.75) is 38.1 Å². The van der Waals surface area contributed by atoms with Crippen molar-refractivity contribution in [2.24, 2.45) is 5.92 Å². The fourth-order valence-corrected chi connectivity index (χ4v) is 2.92. The average Bonchev–Trinajstić information content (AvgIpc) is 2.75. The lowest BCUT2D eigenvalue weighted by atomic mass is 9.94. The van der Waals surface area contributed by atoms with Crippen LogP contribution in [0.1, 0.15) is 32.1 Å². The zero-order chi connectivity index (χ0) is 10.5. The van der Waals surface area contributed by atoms with Crippen LogP contribution in [0.4, 0.5) is 0 Å². The molecule has 1 atom stereocenters. The lowest BCUT2D eigenvalue weighted by Gasteiger charge is -2.27. The van der Waals surface area contributed by atoms with E-state index in [1.54, 1.807) is 0 Å². The Bertz CT molecular complexity index is 180. The first-order chi connectivity index (χ1) is 7.40. The monoisotopic (exact) mass is 212 g/mol. The normalized spacial score (nSPS) is 29.8. The standard InChI is InChI=1S/C12H24N2O/c15-10-12-2-1-8-14(12)9-5-11-3-6-13-7-4-11/h11-13,15H,1-10H2. The molecule has 0 bridgehead atoms. The minimum atomic E-state index is 0.353. The molecule has 0 spiro atoms. The van der Waals surface area contributed by atoms with Crippen LogP contribution >= 0.6 is 0 Å². The molecule has 2 N–H and O–H groups in total. The molecule has 88 valence electrons. The highest BCUT2D eigenvalue weighted by atomic mass is 16.3. The van der Waals surface area contributed by atoms with Gasteiger partial charge < -0.3 is 10.4 Å². The highest BCUT2D eigenvalue weighted by Gasteiger charge is 2.24. The Balaban J connectivity index is 1.67. The minimum Gasteiger partial charge on any atom is -0.395 e. The van der Waals surface area contributed by atoms with Crippen molar-refractivity contribution in [1.29, 1.82) is 0 Å². The second kappa shape index (κ2) is 5.83. The van der Waals surface area contributed by atoms with Crippen molar-refractivity contribution in [3.63, 3.8) is 0 Å². The van der Waals surface area contributed by atoms with Gasteiger partial charge in [-0.2, -0.15) is 0 Å². The number of piperidine rings is 1. The van der Waals surface area contributed by atoms with E-state index in [0.717, 1.165) is 5.92 Å². The van der Waals surface area contributed by atoms with Crippen molar-refractivity contribution in [3.8, 4) is 0 Å². The van der Waals surface area contributed by atoms with Gasteiger partial charge in [0.2, 0.25) is 0 Å². The van der Waals surface area contributed by atoms with E-state index in [1.165, 1.54) is 58.3 Å². The first-order valence-electron chi connectivity index (χ1n) is 6.46. The molecule has 0 saturated carbocycles. The van der Waals surface area contributed by atoms with Gasteiger partial charge in [-0.05, 0) is 64.2 Å². The van der Waals surface area contributed by atoms with E-state index < -0.39 is 0 Å². The molecule has 0 aromatic heterocycles. The molecule has 15 heavy (non-hydrogen) atoms. The van der Waals surface area contributed by atoms with Crippen molar-refractivity contribution in [3.05, 3.63) is 0 Å². The van der Waals surface area contributed by atoms with Crippen LogP contribution in [0.5, 0.6) is 0 Å². The molecule has 3 heteroatoms. The lowest BCUT2D eigenvalue weighted by molar-refractivity contribution is 0.149. The Labute approximate surface area is 92.8 Å². The van der Waals surface area contributed by atoms with E-state index in [-0.39, 0.29) is 0 Å². The average molecular weight is 212 g/mol. The smallest absolute Gasteiger partial charge is 0.0586 e. The van der Waals surface area contributed by atoms with Crippen molar-refractivity contribution in [1.82, 2.24) is 10.2 Å². The molecular weight excluding hydrogens is 188 g/mol. The molecule has 0 aromatic rings. The predicted octanol–water partition coefficient (Wildman–Crippen LogP) is 0.833. The summed E-state index contributed by atoms with van der Waals surface area (Å²) in [5.74, 6) is 0.922. The molecule has 0 aliphatic carbocycles. The number of nitrogens with zero attached hydrogens (tertiary/aromatic N) is 1. The summed E-state index contributed by atoms with van der Waals surface area (Å²) in [5.41, 5.74) is 0. The number of hydrogen-bond donors (Lipinski definition) is 2. The van der Waals surface area contributed by atoms with Gasteiger partial charge in [0.25, 0.3) is 0 Å². The second-order valence-corrected chi connectivity index (χ2v) is 5.00. The molecular formula is C12H24N2O. The van der Waals surface area contributed by atoms with E-state index in [2.05, 4.69) is 10.2 Å². The molecule has 2 heterocycles. The molecule has 0 amide bonds. The number of aliphatic hydroxyl groups is 1. The Morgan fingerprint density at radius 1 is 1.20 bits per heavy atom. The SMILES string of the molecule is OCC1CCCN1CCC1CCNCC1. The van der Waals surface area contributed by atoms with E-state index in [0.29, 0.717) is 12.6 Å². The Morgan fingerprint density at radius 3 is 2.73 bits per heavy atom. The number of nitrogens with one attached hydrogen (secondary N) is 1. The maximum atomic E-state index is 9.22. The first kappa shape index (κ1) is 11.4. The van der Waals surface area contributed by atoms with Gasteiger partial charge in [0.05, 0.1) is 6.61 Å². The number of aliphatic hydroxyl groups excluding tert-OH is 1. The van der Waals surface area contributed by atoms with E-state index in [9.17, 15) is 5.11 Å². The summed E-state index contributed by atoms with van der Waals surface area (Å²) in [6.07, 6.45) is 6.49. The van der Waals surface area contributed by atoms with Crippen LogP contribution in [-0.2, 0) is 0 Å². The highest BCUT2D eigenvalue weighted by molar-refractivity contribution is 4.79. The Morgan fingerprint density at radius 2 is 2.00 bits per heavy atom. The molecule has 2 fully saturated rings. The maximum absolute atomic E-state index is 9.22. The van der Waals surface area contributed by atoms with Crippen LogP contribution in [-0.4, -0.2) is 48.8 Å². The third-order valence-electron chi connectivity index (χ3n) is 3.99. The Hall–Kier alpha value is -0.120. The molecule has 2 rings (SSSR count). The summed E-state index contributed by atoms with van der Waals surface area (Å²) < 4.78 is 0. The second-order valence-electron chi connectivity index (χ2n) is 5.00. The highest BCUT2D eigenvalue weighted by Crippen LogP contribution is 2.21. The Kier molecular flexibility index (Phi) is 4.42. The van der Waals surface area contributed by atoms with Crippen LogP contribution in [0.25, 0.3) is 0 Å². The number of rotatable bonds is 4. The third kappa shape index (κ3) is 3.16. The summed E-state index contributed by atoms with van der Waals surface area (Å²) in [5, 5.41) is 12.6. The number of hydrogen-bond acceptors (Lipinski definition) is 3. The summed E-state index contributed by atoms with van der Waals surface area (Å²) >= 11 is 0. The molecule has 2 aliphatic rings. The van der Waals surface area contributed by atoms with Gasteiger partial charge in [0.1, 0.15) is 0 Å². The molecule has 1 unspecified atom stereocenters. The fraction of sp³-hybridized carbons (Fsp3) is 1.00. The zero-order valence-corrected chi connectivity index (χ0v) is 9.62. The van der Waals surface area contributed by atoms with Crippen LogP contribution in [0, 0.1) is 5.92 Å². The largest absolute Gasteiger partial charge is 0.395 e. The van der Waals surface area contributed by atoms with Gasteiger partial charge in [0, 0.05) is 6.04 Å². The summed E-state index contributed by atoms with van der Waals surface area (Å²) in [4.78, 5) is 2.49. The van der Waals surface area contributed by atoms with Crippen LogP contribution < -0.4 is 5.32 Å². The maximum Gasteiger partial charge on any atom is 0.0586 e.